The zero-order chi connectivity index (χ0) is 80.4. The maximum Gasteiger partial charge on any atom is 0.160 e. The zero-order valence-corrected chi connectivity index (χ0v) is 65.9. The molecule has 6 heterocycles. The van der Waals surface area contributed by atoms with Crippen LogP contribution in [-0.4, -0.2) is 29.9 Å². The summed E-state index contributed by atoms with van der Waals surface area (Å²) in [6.45, 7) is 0. The second-order valence-corrected chi connectivity index (χ2v) is 31.7. The summed E-state index contributed by atoms with van der Waals surface area (Å²) in [6, 6.07) is 150. The van der Waals surface area contributed by atoms with Crippen molar-refractivity contribution in [2.24, 2.45) is 0 Å². The SMILES string of the molecule is c1ccc(-c2cc(-c3ccc4nc(-c5ccccc5)c5cc6c(cc5c4c3)C3(c4ccccc4O6)c4ccccc4-c4ccccc43)nc(-c3ccccc3)n2)cc1.c1ccc(-c2ccc(-c3cc(-c4ccc5nc(-c6ccccc6)c6cc7c(cc6c5c4)C4(c5ccccc5O7)c5ccccc5-c5ccccc54)nc(-c4ccccc4)n3)cc2)cc1. The van der Waals surface area contributed by atoms with Crippen molar-refractivity contribution in [3.05, 3.63) is 469 Å². The van der Waals surface area contributed by atoms with Crippen LogP contribution in [0.2, 0.25) is 0 Å². The van der Waals surface area contributed by atoms with Gasteiger partial charge in [0.2, 0.25) is 0 Å². The molecule has 122 heavy (non-hydrogen) atoms. The van der Waals surface area contributed by atoms with Gasteiger partial charge in [0.1, 0.15) is 23.0 Å². The van der Waals surface area contributed by atoms with Crippen molar-refractivity contribution in [1.82, 2.24) is 29.9 Å². The molecule has 568 valence electrons. The van der Waals surface area contributed by atoms with Gasteiger partial charge in [-0.25, -0.2) is 29.9 Å². The summed E-state index contributed by atoms with van der Waals surface area (Å²) in [6.07, 6.45) is 0. The van der Waals surface area contributed by atoms with Crippen LogP contribution < -0.4 is 9.47 Å². The number of fused-ring (bicyclic) bond motifs is 24. The van der Waals surface area contributed by atoms with Gasteiger partial charge in [-0.3, -0.25) is 0 Å². The number of aromatic nitrogens is 6. The molecule has 0 unspecified atom stereocenters. The van der Waals surface area contributed by atoms with Crippen molar-refractivity contribution in [3.8, 4) is 147 Å². The van der Waals surface area contributed by atoms with Gasteiger partial charge < -0.3 is 9.47 Å². The second kappa shape index (κ2) is 28.3. The van der Waals surface area contributed by atoms with Gasteiger partial charge in [0.25, 0.3) is 0 Å². The molecule has 0 radical (unpaired) electrons. The summed E-state index contributed by atoms with van der Waals surface area (Å²) < 4.78 is 14.0. The number of nitrogens with zero attached hydrogens (tertiary/aromatic N) is 6. The molecular weight excluding hydrogens is 1490 g/mol. The first kappa shape index (κ1) is 70.1. The van der Waals surface area contributed by atoms with Crippen LogP contribution in [0, 0.1) is 0 Å². The minimum atomic E-state index is -0.603. The maximum atomic E-state index is 7.00. The molecule has 0 bridgehead atoms. The van der Waals surface area contributed by atoms with Crippen molar-refractivity contribution in [1.29, 1.82) is 0 Å². The number of rotatable bonds is 9. The predicted octanol–water partition coefficient (Wildman–Crippen LogP) is 28.3. The van der Waals surface area contributed by atoms with Gasteiger partial charge in [0, 0.05) is 88.3 Å². The number of ether oxygens (including phenoxy) is 2. The predicted molar refractivity (Wildman–Crippen MR) is 493 cm³/mol. The van der Waals surface area contributed by atoms with Gasteiger partial charge in [0.15, 0.2) is 11.6 Å². The van der Waals surface area contributed by atoms with E-state index in [4.69, 9.17) is 39.4 Å². The fourth-order valence-electron chi connectivity index (χ4n) is 19.6. The van der Waals surface area contributed by atoms with E-state index in [1.165, 1.54) is 50.1 Å². The molecule has 25 rings (SSSR count). The van der Waals surface area contributed by atoms with E-state index >= 15 is 0 Å². The second-order valence-electron chi connectivity index (χ2n) is 31.7. The van der Waals surface area contributed by atoms with E-state index in [9.17, 15) is 0 Å². The topological polar surface area (TPSA) is 95.8 Å². The van der Waals surface area contributed by atoms with Crippen LogP contribution in [0.15, 0.2) is 425 Å². The van der Waals surface area contributed by atoms with E-state index in [0.29, 0.717) is 11.6 Å². The Morgan fingerprint density at radius 1 is 0.164 bits per heavy atom. The van der Waals surface area contributed by atoms with Crippen LogP contribution >= 0.6 is 0 Å². The van der Waals surface area contributed by atoms with Crippen LogP contribution in [0.3, 0.4) is 0 Å². The number of pyridine rings is 2. The van der Waals surface area contributed by atoms with Crippen molar-refractivity contribution in [2.75, 3.05) is 0 Å². The average Bonchev–Trinajstić information content (AvgIpc) is 1.49. The molecule has 0 saturated carbocycles. The Labute approximate surface area is 704 Å². The standard InChI is InChI=1S/C60H37N3O.C54H33N3O/c1-4-16-38(17-5-1)39-28-30-40(31-29-39)54-37-55(63-59(62-54)42-20-8-3-9-21-42)43-32-33-53-47(34-43)46-35-52-57(36-48(46)58(61-53)41-18-6-2-7-19-41)64-56-27-15-14-26-51(56)60(52)49-24-12-10-22-44(49)45-23-11-13-25-50(45)60;1-4-16-34(17-5-1)48-33-49(57-53(56-48)36-20-8-3-9-21-36)37-28-29-47-41(30-37)40-31-46-51(32-42(40)52(55-47)35-18-6-2-7-19-35)58-50-27-15-14-26-45(50)54(46)43-24-12-10-22-38(43)39-23-11-13-25-44(39)54/h1-37H;1-33H. The molecule has 0 amide bonds. The van der Waals surface area contributed by atoms with Crippen molar-refractivity contribution in [2.45, 2.75) is 10.8 Å². The van der Waals surface area contributed by atoms with Crippen LogP contribution in [0.25, 0.3) is 167 Å². The summed E-state index contributed by atoms with van der Waals surface area (Å²) in [5.41, 5.74) is 30.8. The van der Waals surface area contributed by atoms with Gasteiger partial charge in [-0.05, 0) is 139 Å². The van der Waals surface area contributed by atoms with Gasteiger partial charge in [-0.1, -0.05) is 352 Å². The first-order valence-electron chi connectivity index (χ1n) is 41.4. The highest BCUT2D eigenvalue weighted by atomic mass is 16.5. The molecular formula is C114H70N6O2. The lowest BCUT2D eigenvalue weighted by atomic mass is 9.65. The Kier molecular flexibility index (Phi) is 16.3. The third-order valence-electron chi connectivity index (χ3n) is 25.1. The summed E-state index contributed by atoms with van der Waals surface area (Å²) in [7, 11) is 0. The summed E-state index contributed by atoms with van der Waals surface area (Å²) in [5.74, 6) is 4.76. The lowest BCUT2D eigenvalue weighted by Crippen LogP contribution is -2.32. The number of hydrogen-bond acceptors (Lipinski definition) is 8. The molecule has 0 saturated heterocycles. The summed E-state index contributed by atoms with van der Waals surface area (Å²) >= 11 is 0. The Bertz CT molecular complexity index is 7650. The summed E-state index contributed by atoms with van der Waals surface area (Å²) in [4.78, 5) is 31.5. The van der Waals surface area contributed by atoms with E-state index in [1.807, 2.05) is 60.7 Å². The molecule has 0 fully saturated rings. The zero-order valence-electron chi connectivity index (χ0n) is 65.9. The van der Waals surface area contributed by atoms with Gasteiger partial charge >= 0.3 is 0 Å². The third-order valence-corrected chi connectivity index (χ3v) is 25.1. The van der Waals surface area contributed by atoms with Crippen LogP contribution in [-0.2, 0) is 10.8 Å². The van der Waals surface area contributed by atoms with E-state index in [0.717, 1.165) is 173 Å². The molecule has 4 aromatic heterocycles. The Morgan fingerprint density at radius 2 is 0.443 bits per heavy atom. The highest BCUT2D eigenvalue weighted by Gasteiger charge is 2.53. The van der Waals surface area contributed by atoms with Crippen molar-refractivity contribution in [3.63, 3.8) is 0 Å². The van der Waals surface area contributed by atoms with E-state index in [-0.39, 0.29) is 0 Å². The molecule has 21 aromatic rings. The number of benzene rings is 17. The lowest BCUT2D eigenvalue weighted by molar-refractivity contribution is 0.437. The van der Waals surface area contributed by atoms with E-state index in [2.05, 4.69) is 364 Å². The highest BCUT2D eigenvalue weighted by molar-refractivity contribution is 6.15. The van der Waals surface area contributed by atoms with Gasteiger partial charge in [-0.2, -0.15) is 0 Å². The van der Waals surface area contributed by atoms with Crippen molar-refractivity contribution < 1.29 is 9.47 Å². The molecule has 2 aliphatic heterocycles. The minimum Gasteiger partial charge on any atom is -0.457 e. The number of hydrogen-bond donors (Lipinski definition) is 0. The van der Waals surface area contributed by atoms with Crippen molar-refractivity contribution >= 4 is 43.4 Å². The third kappa shape index (κ3) is 11.1. The first-order valence-corrected chi connectivity index (χ1v) is 41.4. The highest BCUT2D eigenvalue weighted by Crippen LogP contribution is 2.65. The van der Waals surface area contributed by atoms with Crippen LogP contribution in [0.1, 0.15) is 44.5 Å². The molecule has 4 aliphatic rings. The molecule has 8 nitrogen and oxygen atoms in total. The minimum absolute atomic E-state index is 0.590. The largest absolute Gasteiger partial charge is 0.457 e. The molecule has 17 aromatic carbocycles. The molecule has 0 atom stereocenters. The maximum absolute atomic E-state index is 7.00. The van der Waals surface area contributed by atoms with Gasteiger partial charge in [-0.15, -0.1) is 0 Å². The molecule has 2 aliphatic carbocycles. The van der Waals surface area contributed by atoms with Crippen LogP contribution in [0.5, 0.6) is 23.0 Å². The lowest BCUT2D eigenvalue weighted by Gasteiger charge is -2.39. The Balaban J connectivity index is 0.000000139. The molecule has 2 spiro atoms. The Morgan fingerprint density at radius 3 is 0.820 bits per heavy atom. The van der Waals surface area contributed by atoms with Gasteiger partial charge in [0.05, 0.1) is 56.0 Å². The normalized spacial score (nSPS) is 13.0. The fraction of sp³-hybridized carbons (Fsp3) is 0.0175. The summed E-state index contributed by atoms with van der Waals surface area (Å²) in [5, 5.41) is 6.34. The Hall–Kier alpha value is -16.2. The monoisotopic (exact) mass is 1550 g/mol. The molecule has 8 heteroatoms. The number of para-hydroxylation sites is 2. The average molecular weight is 1560 g/mol. The fourth-order valence-corrected chi connectivity index (χ4v) is 19.6. The van der Waals surface area contributed by atoms with Crippen LogP contribution in [0.4, 0.5) is 0 Å². The molecule has 0 N–H and O–H groups in total. The van der Waals surface area contributed by atoms with E-state index in [1.54, 1.807) is 0 Å². The first-order chi connectivity index (χ1) is 60.4. The van der Waals surface area contributed by atoms with E-state index < -0.39 is 10.8 Å². The smallest absolute Gasteiger partial charge is 0.160 e. The quantitative estimate of drug-likeness (QED) is 0.132.